The summed E-state index contributed by atoms with van der Waals surface area (Å²) in [5.41, 5.74) is 3.45. The van der Waals surface area contributed by atoms with Crippen molar-refractivity contribution in [1.82, 2.24) is 14.8 Å². The highest BCUT2D eigenvalue weighted by Gasteiger charge is 2.25. The minimum atomic E-state index is -0.0628. The van der Waals surface area contributed by atoms with E-state index in [-0.39, 0.29) is 18.6 Å². The number of carbonyl (C=O) groups is 1. The summed E-state index contributed by atoms with van der Waals surface area (Å²) >= 11 is 0. The van der Waals surface area contributed by atoms with Crippen LogP contribution in [0.25, 0.3) is 10.9 Å². The third-order valence-corrected chi connectivity index (χ3v) is 6.92. The van der Waals surface area contributed by atoms with Crippen LogP contribution in [0.3, 0.4) is 0 Å². The molecule has 6 nitrogen and oxygen atoms in total. The fourth-order valence-corrected chi connectivity index (χ4v) is 5.15. The lowest BCUT2D eigenvalue weighted by Gasteiger charge is -2.26. The van der Waals surface area contributed by atoms with Crippen molar-refractivity contribution in [3.63, 3.8) is 0 Å². The Labute approximate surface area is 195 Å². The SMILES string of the molecule is CCn1cc([C@@H](CC(=O)NCCN2CCCCC2)c2ccc3c(c2)OCO3)c2ccccc21. The van der Waals surface area contributed by atoms with Crippen LogP contribution >= 0.6 is 0 Å². The molecule has 5 rings (SSSR count). The number of hydrogen-bond donors (Lipinski definition) is 1. The van der Waals surface area contributed by atoms with E-state index in [0.29, 0.717) is 13.0 Å². The highest BCUT2D eigenvalue weighted by atomic mass is 16.7. The first-order chi connectivity index (χ1) is 16.2. The van der Waals surface area contributed by atoms with E-state index in [0.717, 1.165) is 43.2 Å². The van der Waals surface area contributed by atoms with E-state index in [2.05, 4.69) is 58.2 Å². The zero-order valence-corrected chi connectivity index (χ0v) is 19.4. The first-order valence-electron chi connectivity index (χ1n) is 12.2. The van der Waals surface area contributed by atoms with Gasteiger partial charge < -0.3 is 24.3 Å². The minimum Gasteiger partial charge on any atom is -0.454 e. The normalized spacial score (nSPS) is 16.8. The Morgan fingerprint density at radius 3 is 2.73 bits per heavy atom. The van der Waals surface area contributed by atoms with Crippen LogP contribution in [-0.4, -0.2) is 48.3 Å². The Kier molecular flexibility index (Phi) is 6.53. The fourth-order valence-electron chi connectivity index (χ4n) is 5.15. The van der Waals surface area contributed by atoms with Gasteiger partial charge in [-0.1, -0.05) is 30.7 Å². The fraction of sp³-hybridized carbons (Fsp3) is 0.444. The van der Waals surface area contributed by atoms with Crippen LogP contribution in [0.5, 0.6) is 11.5 Å². The van der Waals surface area contributed by atoms with Gasteiger partial charge in [0.2, 0.25) is 12.7 Å². The van der Waals surface area contributed by atoms with Gasteiger partial charge >= 0.3 is 0 Å². The number of aromatic nitrogens is 1. The summed E-state index contributed by atoms with van der Waals surface area (Å²) in [5, 5.41) is 4.38. The van der Waals surface area contributed by atoms with Crippen molar-refractivity contribution >= 4 is 16.8 Å². The highest BCUT2D eigenvalue weighted by Crippen LogP contribution is 2.40. The molecule has 0 radical (unpaired) electrons. The molecule has 2 aliphatic heterocycles. The second-order valence-corrected chi connectivity index (χ2v) is 9.01. The highest BCUT2D eigenvalue weighted by molar-refractivity contribution is 5.86. The molecule has 1 atom stereocenters. The minimum absolute atomic E-state index is 0.0628. The second kappa shape index (κ2) is 9.87. The van der Waals surface area contributed by atoms with E-state index in [1.54, 1.807) is 0 Å². The van der Waals surface area contributed by atoms with E-state index < -0.39 is 0 Å². The number of benzene rings is 2. The van der Waals surface area contributed by atoms with Crippen LogP contribution in [0.4, 0.5) is 0 Å². The van der Waals surface area contributed by atoms with Gasteiger partial charge in [0, 0.05) is 49.1 Å². The summed E-state index contributed by atoms with van der Waals surface area (Å²) in [6.45, 7) is 7.20. The van der Waals surface area contributed by atoms with Gasteiger partial charge in [-0.25, -0.2) is 0 Å². The molecule has 1 fully saturated rings. The molecule has 1 amide bonds. The molecule has 6 heteroatoms. The van der Waals surface area contributed by atoms with E-state index >= 15 is 0 Å². The van der Waals surface area contributed by atoms with Gasteiger partial charge in [0.25, 0.3) is 0 Å². The number of amides is 1. The molecule has 3 heterocycles. The number of hydrogen-bond acceptors (Lipinski definition) is 4. The maximum absolute atomic E-state index is 13.1. The zero-order valence-electron chi connectivity index (χ0n) is 19.4. The van der Waals surface area contributed by atoms with Crippen LogP contribution in [0.15, 0.2) is 48.7 Å². The molecule has 0 saturated carbocycles. The van der Waals surface area contributed by atoms with Gasteiger partial charge in [0.1, 0.15) is 0 Å². The number of para-hydroxylation sites is 1. The van der Waals surface area contributed by atoms with Gasteiger partial charge in [-0.2, -0.15) is 0 Å². The summed E-state index contributed by atoms with van der Waals surface area (Å²) in [5.74, 6) is 1.54. The summed E-state index contributed by atoms with van der Waals surface area (Å²) in [7, 11) is 0. The maximum Gasteiger partial charge on any atom is 0.231 e. The lowest BCUT2D eigenvalue weighted by atomic mass is 9.87. The first-order valence-corrected chi connectivity index (χ1v) is 12.2. The standard InChI is InChI=1S/C27H33N3O3/c1-2-30-18-23(21-8-4-5-9-24(21)30)22(20-10-11-25-26(16-20)33-19-32-25)17-27(31)28-12-15-29-13-6-3-7-14-29/h4-5,8-11,16,18,22H,2-3,6-7,12-15,17,19H2,1H3,(H,28,31)/t22-/m0/s1. The second-order valence-electron chi connectivity index (χ2n) is 9.01. The molecule has 2 aliphatic rings. The van der Waals surface area contributed by atoms with Crippen molar-refractivity contribution in [2.75, 3.05) is 33.0 Å². The molecule has 0 bridgehead atoms. The van der Waals surface area contributed by atoms with Crippen molar-refractivity contribution in [1.29, 1.82) is 0 Å². The van der Waals surface area contributed by atoms with E-state index in [9.17, 15) is 4.79 Å². The molecule has 2 aromatic carbocycles. The third kappa shape index (κ3) is 4.71. The van der Waals surface area contributed by atoms with Gasteiger partial charge in [-0.3, -0.25) is 4.79 Å². The van der Waals surface area contributed by atoms with E-state index in [4.69, 9.17) is 9.47 Å². The zero-order chi connectivity index (χ0) is 22.6. The van der Waals surface area contributed by atoms with Crippen LogP contribution in [0.2, 0.25) is 0 Å². The van der Waals surface area contributed by atoms with Gasteiger partial charge in [0.05, 0.1) is 0 Å². The van der Waals surface area contributed by atoms with Crippen LogP contribution < -0.4 is 14.8 Å². The lowest BCUT2D eigenvalue weighted by molar-refractivity contribution is -0.121. The lowest BCUT2D eigenvalue weighted by Crippen LogP contribution is -2.38. The molecule has 0 spiro atoms. The number of piperidine rings is 1. The predicted molar refractivity (Wildman–Crippen MR) is 130 cm³/mol. The molecule has 174 valence electrons. The summed E-state index contributed by atoms with van der Waals surface area (Å²) in [6.07, 6.45) is 6.47. The molecule has 0 aliphatic carbocycles. The number of carbonyl (C=O) groups excluding carboxylic acids is 1. The van der Waals surface area contributed by atoms with Gasteiger partial charge in [0.15, 0.2) is 11.5 Å². The largest absolute Gasteiger partial charge is 0.454 e. The Hall–Kier alpha value is -2.99. The van der Waals surface area contributed by atoms with Crippen molar-refractivity contribution in [2.45, 2.75) is 45.1 Å². The number of ether oxygens (including phenoxy) is 2. The number of nitrogens with zero attached hydrogens (tertiary/aromatic N) is 2. The number of aryl methyl sites for hydroxylation is 1. The van der Waals surface area contributed by atoms with Crippen LogP contribution in [-0.2, 0) is 11.3 Å². The van der Waals surface area contributed by atoms with Crippen molar-refractivity contribution < 1.29 is 14.3 Å². The number of fused-ring (bicyclic) bond motifs is 2. The molecule has 3 aromatic rings. The molecule has 1 aromatic heterocycles. The first kappa shape index (κ1) is 21.8. The smallest absolute Gasteiger partial charge is 0.231 e. The molecule has 1 saturated heterocycles. The Morgan fingerprint density at radius 1 is 1.06 bits per heavy atom. The summed E-state index contributed by atoms with van der Waals surface area (Å²) in [4.78, 5) is 15.5. The summed E-state index contributed by atoms with van der Waals surface area (Å²) < 4.78 is 13.4. The Bertz CT molecular complexity index is 1120. The Morgan fingerprint density at radius 2 is 1.88 bits per heavy atom. The van der Waals surface area contributed by atoms with E-state index in [1.807, 2.05) is 12.1 Å². The van der Waals surface area contributed by atoms with E-state index in [1.165, 1.54) is 35.7 Å². The van der Waals surface area contributed by atoms with Crippen molar-refractivity contribution in [2.24, 2.45) is 0 Å². The molecule has 0 unspecified atom stereocenters. The molecule has 33 heavy (non-hydrogen) atoms. The average Bonchev–Trinajstić information content (AvgIpc) is 3.47. The number of rotatable bonds is 8. The van der Waals surface area contributed by atoms with Crippen LogP contribution in [0.1, 0.15) is 49.7 Å². The third-order valence-electron chi connectivity index (χ3n) is 6.92. The van der Waals surface area contributed by atoms with Crippen LogP contribution in [0, 0.1) is 0 Å². The average molecular weight is 448 g/mol. The molecular weight excluding hydrogens is 414 g/mol. The summed E-state index contributed by atoms with van der Waals surface area (Å²) in [6, 6.07) is 14.5. The van der Waals surface area contributed by atoms with Gasteiger partial charge in [-0.05, 0) is 62.2 Å². The monoisotopic (exact) mass is 447 g/mol. The molecular formula is C27H33N3O3. The number of nitrogens with one attached hydrogen (secondary N) is 1. The molecule has 1 N–H and O–H groups in total. The van der Waals surface area contributed by atoms with Crippen molar-refractivity contribution in [3.05, 3.63) is 59.8 Å². The number of likely N-dealkylation sites (tertiary alicyclic amines) is 1. The quantitative estimate of drug-likeness (QED) is 0.552. The topological polar surface area (TPSA) is 55.7 Å². The predicted octanol–water partition coefficient (Wildman–Crippen LogP) is 4.51. The van der Waals surface area contributed by atoms with Crippen molar-refractivity contribution in [3.8, 4) is 11.5 Å². The Balaban J connectivity index is 1.39. The maximum atomic E-state index is 13.1. The van der Waals surface area contributed by atoms with Gasteiger partial charge in [-0.15, -0.1) is 0 Å².